The number of pyridine rings is 1. The zero-order chi connectivity index (χ0) is 17.0. The lowest BCUT2D eigenvalue weighted by Crippen LogP contribution is -2.39. The zero-order valence-corrected chi connectivity index (χ0v) is 13.9. The number of carbonyl (C=O) groups is 2. The van der Waals surface area contributed by atoms with Crippen LogP contribution in [0.15, 0.2) is 18.3 Å². The quantitative estimate of drug-likeness (QED) is 0.894. The molecule has 7 nitrogen and oxygen atoms in total. The van der Waals surface area contributed by atoms with Gasteiger partial charge >= 0.3 is 6.09 Å². The second kappa shape index (κ2) is 6.85. The molecule has 0 saturated carbocycles. The molecule has 23 heavy (non-hydrogen) atoms. The molecular weight excluding hydrogens is 296 g/mol. The molecule has 0 unspecified atom stereocenters. The largest absolute Gasteiger partial charge is 0.444 e. The van der Waals surface area contributed by atoms with E-state index in [4.69, 9.17) is 10.5 Å². The van der Waals surface area contributed by atoms with Gasteiger partial charge in [0.25, 0.3) is 5.91 Å². The minimum atomic E-state index is -0.511. The van der Waals surface area contributed by atoms with Crippen molar-refractivity contribution < 1.29 is 14.3 Å². The molecule has 2 N–H and O–H groups in total. The van der Waals surface area contributed by atoms with Crippen molar-refractivity contribution in [1.29, 1.82) is 0 Å². The molecule has 0 aliphatic carbocycles. The van der Waals surface area contributed by atoms with Crippen LogP contribution in [-0.2, 0) is 4.74 Å². The Morgan fingerprint density at radius 2 is 1.96 bits per heavy atom. The van der Waals surface area contributed by atoms with Gasteiger partial charge in [-0.05, 0) is 39.3 Å². The third-order valence-electron chi connectivity index (χ3n) is 3.50. The molecule has 0 atom stereocenters. The lowest BCUT2D eigenvalue weighted by Gasteiger charge is -2.27. The predicted octanol–water partition coefficient (Wildman–Crippen LogP) is 1.63. The molecule has 1 aromatic heterocycles. The maximum absolute atomic E-state index is 12.2. The van der Waals surface area contributed by atoms with Crippen molar-refractivity contribution in [1.82, 2.24) is 9.88 Å². The molecule has 1 fully saturated rings. The van der Waals surface area contributed by atoms with Crippen LogP contribution in [0.2, 0.25) is 0 Å². The number of hydrogen-bond acceptors (Lipinski definition) is 5. The Morgan fingerprint density at radius 3 is 2.61 bits per heavy atom. The normalized spacial score (nSPS) is 16.0. The minimum absolute atomic E-state index is 0.310. The average molecular weight is 320 g/mol. The van der Waals surface area contributed by atoms with Crippen LogP contribution in [-0.4, -0.2) is 53.7 Å². The maximum Gasteiger partial charge on any atom is 0.410 e. The summed E-state index contributed by atoms with van der Waals surface area (Å²) in [5.74, 6) is 0.0763. The lowest BCUT2D eigenvalue weighted by molar-refractivity contribution is 0.0263. The number of hydrogen-bond donors (Lipinski definition) is 1. The lowest BCUT2D eigenvalue weighted by atomic mass is 10.2. The molecule has 1 aliphatic heterocycles. The third kappa shape index (κ3) is 4.58. The van der Waals surface area contributed by atoms with Gasteiger partial charge in [0.1, 0.15) is 11.4 Å². The van der Waals surface area contributed by atoms with Gasteiger partial charge in [0, 0.05) is 32.4 Å². The number of primary amides is 1. The molecule has 1 aromatic rings. The number of rotatable bonds is 2. The van der Waals surface area contributed by atoms with Crippen LogP contribution < -0.4 is 10.6 Å². The van der Waals surface area contributed by atoms with Gasteiger partial charge in [0.15, 0.2) is 0 Å². The fraction of sp³-hybridized carbons (Fsp3) is 0.562. The van der Waals surface area contributed by atoms with Crippen molar-refractivity contribution in [2.75, 3.05) is 31.1 Å². The summed E-state index contributed by atoms with van der Waals surface area (Å²) in [5, 5.41) is 0. The summed E-state index contributed by atoms with van der Waals surface area (Å²) >= 11 is 0. The Bertz CT molecular complexity index is 583. The fourth-order valence-electron chi connectivity index (χ4n) is 2.48. The van der Waals surface area contributed by atoms with E-state index in [1.807, 2.05) is 25.7 Å². The zero-order valence-electron chi connectivity index (χ0n) is 13.9. The van der Waals surface area contributed by atoms with E-state index < -0.39 is 11.5 Å². The van der Waals surface area contributed by atoms with Crippen molar-refractivity contribution in [3.8, 4) is 0 Å². The smallest absolute Gasteiger partial charge is 0.410 e. The van der Waals surface area contributed by atoms with Gasteiger partial charge in [-0.2, -0.15) is 0 Å². The molecule has 126 valence electrons. The number of nitrogens with zero attached hydrogens (tertiary/aromatic N) is 3. The average Bonchev–Trinajstić information content (AvgIpc) is 2.71. The van der Waals surface area contributed by atoms with E-state index in [1.165, 1.54) is 0 Å². The van der Waals surface area contributed by atoms with E-state index in [0.717, 1.165) is 6.42 Å². The predicted molar refractivity (Wildman–Crippen MR) is 87.4 cm³/mol. The first-order valence-corrected chi connectivity index (χ1v) is 7.75. The number of amides is 2. The van der Waals surface area contributed by atoms with Crippen molar-refractivity contribution in [2.45, 2.75) is 32.8 Å². The van der Waals surface area contributed by atoms with Crippen molar-refractivity contribution in [2.24, 2.45) is 5.73 Å². The SMILES string of the molecule is CC(C)(C)OC(=O)N1CCCN(c2ncccc2C(N)=O)CC1. The van der Waals surface area contributed by atoms with E-state index in [0.29, 0.717) is 37.6 Å². The summed E-state index contributed by atoms with van der Waals surface area (Å²) in [7, 11) is 0. The first kappa shape index (κ1) is 17.1. The molecular formula is C16H24N4O3. The first-order valence-electron chi connectivity index (χ1n) is 7.75. The van der Waals surface area contributed by atoms with Gasteiger partial charge in [0.2, 0.25) is 0 Å². The molecule has 1 saturated heterocycles. The fourth-order valence-corrected chi connectivity index (χ4v) is 2.48. The molecule has 2 rings (SSSR count). The number of carbonyl (C=O) groups excluding carboxylic acids is 2. The van der Waals surface area contributed by atoms with Crippen LogP contribution in [0.3, 0.4) is 0 Å². The molecule has 0 aromatic carbocycles. The number of ether oxygens (including phenoxy) is 1. The van der Waals surface area contributed by atoms with E-state index in [9.17, 15) is 9.59 Å². The van der Waals surface area contributed by atoms with Crippen LogP contribution in [0.25, 0.3) is 0 Å². The molecule has 0 bridgehead atoms. The van der Waals surface area contributed by atoms with Gasteiger partial charge in [-0.15, -0.1) is 0 Å². The standard InChI is InChI=1S/C16H24N4O3/c1-16(2,3)23-15(22)20-9-5-8-19(10-11-20)14-12(13(17)21)6-4-7-18-14/h4,6-7H,5,8-11H2,1-3H3,(H2,17,21). The highest BCUT2D eigenvalue weighted by molar-refractivity contribution is 5.97. The molecule has 2 heterocycles. The summed E-state index contributed by atoms with van der Waals surface area (Å²) in [6, 6.07) is 3.36. The highest BCUT2D eigenvalue weighted by Gasteiger charge is 2.25. The van der Waals surface area contributed by atoms with E-state index >= 15 is 0 Å². The van der Waals surface area contributed by atoms with Gasteiger partial charge in [-0.25, -0.2) is 9.78 Å². The third-order valence-corrected chi connectivity index (χ3v) is 3.50. The minimum Gasteiger partial charge on any atom is -0.444 e. The van der Waals surface area contributed by atoms with Crippen molar-refractivity contribution in [3.05, 3.63) is 23.9 Å². The monoisotopic (exact) mass is 320 g/mol. The molecule has 0 spiro atoms. The van der Waals surface area contributed by atoms with E-state index in [2.05, 4.69) is 4.98 Å². The Hall–Kier alpha value is -2.31. The van der Waals surface area contributed by atoms with Crippen LogP contribution in [0.1, 0.15) is 37.6 Å². The maximum atomic E-state index is 12.2. The van der Waals surface area contributed by atoms with Gasteiger partial charge in [0.05, 0.1) is 5.56 Å². The summed E-state index contributed by atoms with van der Waals surface area (Å²) in [4.78, 5) is 31.7. The number of anilines is 1. The Balaban J connectivity index is 2.07. The Morgan fingerprint density at radius 1 is 1.22 bits per heavy atom. The van der Waals surface area contributed by atoms with E-state index in [-0.39, 0.29) is 6.09 Å². The second-order valence-corrected chi connectivity index (χ2v) is 6.55. The molecule has 7 heteroatoms. The summed E-state index contributed by atoms with van der Waals surface area (Å²) in [6.45, 7) is 7.97. The topological polar surface area (TPSA) is 88.8 Å². The number of nitrogens with two attached hydrogens (primary N) is 1. The van der Waals surface area contributed by atoms with Crippen LogP contribution in [0.5, 0.6) is 0 Å². The summed E-state index contributed by atoms with van der Waals surface area (Å²) in [5.41, 5.74) is 5.31. The molecule has 0 radical (unpaired) electrons. The summed E-state index contributed by atoms with van der Waals surface area (Å²) in [6.07, 6.45) is 2.10. The second-order valence-electron chi connectivity index (χ2n) is 6.55. The van der Waals surface area contributed by atoms with Crippen LogP contribution in [0, 0.1) is 0 Å². The van der Waals surface area contributed by atoms with Crippen molar-refractivity contribution >= 4 is 17.8 Å². The Labute approximate surface area is 136 Å². The Kier molecular flexibility index (Phi) is 5.08. The molecule has 2 amide bonds. The van der Waals surface area contributed by atoms with Crippen molar-refractivity contribution in [3.63, 3.8) is 0 Å². The molecule has 1 aliphatic rings. The van der Waals surface area contributed by atoms with Crippen LogP contribution >= 0.6 is 0 Å². The summed E-state index contributed by atoms with van der Waals surface area (Å²) < 4.78 is 5.41. The van der Waals surface area contributed by atoms with Gasteiger partial charge in [-0.3, -0.25) is 4.79 Å². The highest BCUT2D eigenvalue weighted by Crippen LogP contribution is 2.19. The van der Waals surface area contributed by atoms with Crippen LogP contribution in [0.4, 0.5) is 10.6 Å². The van der Waals surface area contributed by atoms with Gasteiger partial charge in [-0.1, -0.05) is 0 Å². The first-order chi connectivity index (χ1) is 10.8. The number of aromatic nitrogens is 1. The highest BCUT2D eigenvalue weighted by atomic mass is 16.6. The van der Waals surface area contributed by atoms with Gasteiger partial charge < -0.3 is 20.3 Å². The van der Waals surface area contributed by atoms with E-state index in [1.54, 1.807) is 23.2 Å².